The molecule has 0 aliphatic carbocycles. The molecule has 0 radical (unpaired) electrons. The van der Waals surface area contributed by atoms with Crippen LogP contribution in [0.4, 0.5) is 0 Å². The topological polar surface area (TPSA) is 46.6 Å². The fourth-order valence-corrected chi connectivity index (χ4v) is 2.72. The maximum absolute atomic E-state index is 11.5. The summed E-state index contributed by atoms with van der Waals surface area (Å²) in [4.78, 5) is 0. The molecule has 5 heteroatoms. The Morgan fingerprint density at radius 1 is 1.29 bits per heavy atom. The average molecular weight is 255 g/mol. The fourth-order valence-electron chi connectivity index (χ4n) is 1.91. The molecule has 1 aliphatic rings. The summed E-state index contributed by atoms with van der Waals surface area (Å²) < 4.78 is 30.1. The first kappa shape index (κ1) is 12.5. The molecule has 2 rings (SSSR count). The molecular formula is C12H17NO3S. The maximum atomic E-state index is 11.5. The summed E-state index contributed by atoms with van der Waals surface area (Å²) in [6.45, 7) is 3.32. The van der Waals surface area contributed by atoms with E-state index < -0.39 is 10.0 Å². The summed E-state index contributed by atoms with van der Waals surface area (Å²) in [5, 5.41) is 0. The van der Waals surface area contributed by atoms with Crippen molar-refractivity contribution in [2.24, 2.45) is 0 Å². The Labute approximate surface area is 102 Å². The Bertz CT molecular complexity index is 481. The molecule has 1 heterocycles. The number of nitrogens with zero attached hydrogens (tertiary/aromatic N) is 1. The number of sulfonamides is 1. The van der Waals surface area contributed by atoms with Crippen molar-refractivity contribution in [1.82, 2.24) is 4.31 Å². The third kappa shape index (κ3) is 3.06. The van der Waals surface area contributed by atoms with Gasteiger partial charge in [0.05, 0.1) is 19.0 Å². The molecule has 1 fully saturated rings. The van der Waals surface area contributed by atoms with Gasteiger partial charge in [-0.3, -0.25) is 0 Å². The van der Waals surface area contributed by atoms with Gasteiger partial charge in [0.2, 0.25) is 10.0 Å². The molecule has 17 heavy (non-hydrogen) atoms. The predicted molar refractivity (Wildman–Crippen MR) is 66.3 cm³/mol. The first-order chi connectivity index (χ1) is 7.97. The highest BCUT2D eigenvalue weighted by Crippen LogP contribution is 2.23. The summed E-state index contributed by atoms with van der Waals surface area (Å²) in [6, 6.07) is 8.01. The van der Waals surface area contributed by atoms with Crippen LogP contribution < -0.4 is 0 Å². The van der Waals surface area contributed by atoms with Crippen LogP contribution in [0.15, 0.2) is 24.3 Å². The van der Waals surface area contributed by atoms with Crippen LogP contribution in [-0.2, 0) is 14.8 Å². The molecule has 0 N–H and O–H groups in total. The zero-order valence-electron chi connectivity index (χ0n) is 10.1. The molecule has 0 bridgehead atoms. The van der Waals surface area contributed by atoms with Crippen molar-refractivity contribution in [2.75, 3.05) is 26.0 Å². The average Bonchev–Trinajstić information content (AvgIpc) is 2.29. The van der Waals surface area contributed by atoms with Crippen LogP contribution in [0.3, 0.4) is 0 Å². The summed E-state index contributed by atoms with van der Waals surface area (Å²) >= 11 is 0. The number of aryl methyl sites for hydroxylation is 1. The van der Waals surface area contributed by atoms with Gasteiger partial charge in [0.15, 0.2) is 0 Å². The standard InChI is InChI=1S/C12H17NO3S/c1-10-3-5-11(6-4-10)12-9-13(7-8-16-12)17(2,14)15/h3-6,12H,7-9H2,1-2H3. The molecule has 1 aliphatic heterocycles. The molecule has 0 spiro atoms. The molecule has 0 saturated carbocycles. The Balaban J connectivity index is 2.15. The monoisotopic (exact) mass is 255 g/mol. The van der Waals surface area contributed by atoms with E-state index in [1.54, 1.807) is 0 Å². The van der Waals surface area contributed by atoms with Gasteiger partial charge in [0.1, 0.15) is 0 Å². The van der Waals surface area contributed by atoms with Gasteiger partial charge in [-0.2, -0.15) is 4.31 Å². The first-order valence-electron chi connectivity index (χ1n) is 5.60. The maximum Gasteiger partial charge on any atom is 0.211 e. The second kappa shape index (κ2) is 4.76. The van der Waals surface area contributed by atoms with Gasteiger partial charge >= 0.3 is 0 Å². The van der Waals surface area contributed by atoms with Gasteiger partial charge < -0.3 is 4.74 Å². The molecule has 1 saturated heterocycles. The van der Waals surface area contributed by atoms with Crippen molar-refractivity contribution in [1.29, 1.82) is 0 Å². The van der Waals surface area contributed by atoms with Crippen molar-refractivity contribution in [3.8, 4) is 0 Å². The van der Waals surface area contributed by atoms with Gasteiger partial charge in [0.25, 0.3) is 0 Å². The molecule has 4 nitrogen and oxygen atoms in total. The predicted octanol–water partition coefficient (Wildman–Crippen LogP) is 1.33. The van der Waals surface area contributed by atoms with E-state index in [1.165, 1.54) is 16.1 Å². The quantitative estimate of drug-likeness (QED) is 0.801. The molecule has 1 aromatic carbocycles. The SMILES string of the molecule is Cc1ccc(C2CN(S(C)(=O)=O)CCO2)cc1. The van der Waals surface area contributed by atoms with Gasteiger partial charge in [-0.05, 0) is 12.5 Å². The van der Waals surface area contributed by atoms with Crippen LogP contribution in [0.25, 0.3) is 0 Å². The first-order valence-corrected chi connectivity index (χ1v) is 7.45. The van der Waals surface area contributed by atoms with Crippen molar-refractivity contribution in [2.45, 2.75) is 13.0 Å². The van der Waals surface area contributed by atoms with Crippen LogP contribution in [0.1, 0.15) is 17.2 Å². The normalized spacial score (nSPS) is 22.6. The highest BCUT2D eigenvalue weighted by atomic mass is 32.2. The van der Waals surface area contributed by atoms with E-state index in [2.05, 4.69) is 0 Å². The highest BCUT2D eigenvalue weighted by molar-refractivity contribution is 7.88. The fraction of sp³-hybridized carbons (Fsp3) is 0.500. The number of ether oxygens (including phenoxy) is 1. The zero-order valence-corrected chi connectivity index (χ0v) is 10.9. The number of benzene rings is 1. The summed E-state index contributed by atoms with van der Waals surface area (Å²) in [5.41, 5.74) is 2.22. The lowest BCUT2D eigenvalue weighted by atomic mass is 10.1. The summed E-state index contributed by atoms with van der Waals surface area (Å²) in [5.74, 6) is 0. The van der Waals surface area contributed by atoms with Gasteiger partial charge in [0, 0.05) is 13.1 Å². The van der Waals surface area contributed by atoms with E-state index >= 15 is 0 Å². The molecule has 1 atom stereocenters. The minimum absolute atomic E-state index is 0.154. The molecule has 94 valence electrons. The van der Waals surface area contributed by atoms with Crippen LogP contribution in [0, 0.1) is 6.92 Å². The molecule has 1 aromatic rings. The van der Waals surface area contributed by atoms with Gasteiger partial charge in [-0.25, -0.2) is 8.42 Å². The lowest BCUT2D eigenvalue weighted by molar-refractivity contribution is -0.00234. The van der Waals surface area contributed by atoms with Crippen molar-refractivity contribution in [3.63, 3.8) is 0 Å². The lowest BCUT2D eigenvalue weighted by Gasteiger charge is -2.31. The van der Waals surface area contributed by atoms with Crippen LogP contribution >= 0.6 is 0 Å². The van der Waals surface area contributed by atoms with Crippen LogP contribution in [-0.4, -0.2) is 38.7 Å². The van der Waals surface area contributed by atoms with E-state index in [9.17, 15) is 8.42 Å². The number of hydrogen-bond donors (Lipinski definition) is 0. The Morgan fingerprint density at radius 3 is 2.53 bits per heavy atom. The van der Waals surface area contributed by atoms with Gasteiger partial charge in [-0.15, -0.1) is 0 Å². The van der Waals surface area contributed by atoms with Gasteiger partial charge in [-0.1, -0.05) is 29.8 Å². The Morgan fingerprint density at radius 2 is 1.94 bits per heavy atom. The molecule has 0 aromatic heterocycles. The molecular weight excluding hydrogens is 238 g/mol. The summed E-state index contributed by atoms with van der Waals surface area (Å²) in [6.07, 6.45) is 1.09. The zero-order chi connectivity index (χ0) is 12.5. The molecule has 1 unspecified atom stereocenters. The largest absolute Gasteiger partial charge is 0.371 e. The highest BCUT2D eigenvalue weighted by Gasteiger charge is 2.27. The lowest BCUT2D eigenvalue weighted by Crippen LogP contribution is -2.41. The Hall–Kier alpha value is -0.910. The van der Waals surface area contributed by atoms with Crippen LogP contribution in [0.5, 0.6) is 0 Å². The second-order valence-electron chi connectivity index (χ2n) is 4.39. The Kier molecular flexibility index (Phi) is 3.51. The smallest absolute Gasteiger partial charge is 0.211 e. The minimum atomic E-state index is -3.12. The van der Waals surface area contributed by atoms with E-state index in [-0.39, 0.29) is 6.10 Å². The van der Waals surface area contributed by atoms with Crippen LogP contribution in [0.2, 0.25) is 0 Å². The molecule has 0 amide bonds. The number of rotatable bonds is 2. The van der Waals surface area contributed by atoms with E-state index in [4.69, 9.17) is 4.74 Å². The van der Waals surface area contributed by atoms with E-state index in [1.807, 2.05) is 31.2 Å². The number of hydrogen-bond acceptors (Lipinski definition) is 3. The second-order valence-corrected chi connectivity index (χ2v) is 6.37. The van der Waals surface area contributed by atoms with Crippen molar-refractivity contribution in [3.05, 3.63) is 35.4 Å². The van der Waals surface area contributed by atoms with E-state index in [0.717, 1.165) is 5.56 Å². The van der Waals surface area contributed by atoms with Crippen molar-refractivity contribution >= 4 is 10.0 Å². The van der Waals surface area contributed by atoms with E-state index in [0.29, 0.717) is 19.7 Å². The minimum Gasteiger partial charge on any atom is -0.371 e. The summed E-state index contributed by atoms with van der Waals surface area (Å²) in [7, 11) is -3.12. The number of morpholine rings is 1. The third-order valence-electron chi connectivity index (χ3n) is 2.95. The third-order valence-corrected chi connectivity index (χ3v) is 4.22. The van der Waals surface area contributed by atoms with Crippen molar-refractivity contribution < 1.29 is 13.2 Å².